The van der Waals surface area contributed by atoms with E-state index < -0.39 is 0 Å². The number of aromatic nitrogens is 2. The molecule has 1 aromatic heterocycles. The van der Waals surface area contributed by atoms with Crippen LogP contribution in [0.15, 0.2) is 4.52 Å². The second-order valence-electron chi connectivity index (χ2n) is 5.44. The van der Waals surface area contributed by atoms with Crippen molar-refractivity contribution in [3.8, 4) is 0 Å². The lowest BCUT2D eigenvalue weighted by Gasteiger charge is -2.17. The third kappa shape index (κ3) is 2.68. The summed E-state index contributed by atoms with van der Waals surface area (Å²) in [4.78, 5) is 4.59. The molecule has 94 valence electrons. The smallest absolute Gasteiger partial charge is 0.226 e. The Labute approximate surface area is 102 Å². The van der Waals surface area contributed by atoms with Crippen molar-refractivity contribution < 1.29 is 4.52 Å². The molecular weight excluding hydrogens is 214 g/mol. The molecule has 0 spiro atoms. The maximum absolute atomic E-state index is 5.39. The maximum Gasteiger partial charge on any atom is 0.226 e. The minimum absolute atomic E-state index is 0.558. The van der Waals surface area contributed by atoms with Crippen LogP contribution in [0.2, 0.25) is 0 Å². The summed E-state index contributed by atoms with van der Waals surface area (Å²) < 4.78 is 5.39. The number of nitrogens with zero attached hydrogens (tertiary/aromatic N) is 2. The van der Waals surface area contributed by atoms with Gasteiger partial charge in [0.25, 0.3) is 0 Å². The summed E-state index contributed by atoms with van der Waals surface area (Å²) in [5.41, 5.74) is 0. The van der Waals surface area contributed by atoms with Crippen LogP contribution >= 0.6 is 0 Å². The van der Waals surface area contributed by atoms with Gasteiger partial charge in [0.1, 0.15) is 0 Å². The third-order valence-electron chi connectivity index (χ3n) is 4.08. The summed E-state index contributed by atoms with van der Waals surface area (Å²) in [5.74, 6) is 3.06. The summed E-state index contributed by atoms with van der Waals surface area (Å²) in [6.07, 6.45) is 8.68. The minimum atomic E-state index is 0.558. The van der Waals surface area contributed by atoms with Crippen molar-refractivity contribution in [3.63, 3.8) is 0 Å². The lowest BCUT2D eigenvalue weighted by molar-refractivity contribution is 0.344. The average molecular weight is 235 g/mol. The fourth-order valence-corrected chi connectivity index (χ4v) is 3.01. The molecule has 1 saturated carbocycles. The van der Waals surface area contributed by atoms with Gasteiger partial charge in [-0.25, -0.2) is 0 Å². The standard InChI is InChI=1S/C13H21N3O/c1-2-4-11(5-3-1)13-15-12(17-16-13)8-10-6-7-14-9-10/h10-11,14H,1-9H2. The fourth-order valence-electron chi connectivity index (χ4n) is 3.01. The molecule has 4 nitrogen and oxygen atoms in total. The van der Waals surface area contributed by atoms with Gasteiger partial charge in [0.2, 0.25) is 5.89 Å². The van der Waals surface area contributed by atoms with Crippen LogP contribution in [0.1, 0.15) is 56.2 Å². The Bertz CT molecular complexity index is 351. The van der Waals surface area contributed by atoms with Gasteiger partial charge in [0.05, 0.1) is 0 Å². The van der Waals surface area contributed by atoms with Gasteiger partial charge in [-0.2, -0.15) is 4.98 Å². The lowest BCUT2D eigenvalue weighted by atomic mass is 9.89. The first kappa shape index (κ1) is 11.2. The van der Waals surface area contributed by atoms with E-state index in [4.69, 9.17) is 4.52 Å². The first-order valence-electron chi connectivity index (χ1n) is 6.95. The van der Waals surface area contributed by atoms with Gasteiger partial charge in [-0.3, -0.25) is 0 Å². The summed E-state index contributed by atoms with van der Waals surface area (Å²) in [7, 11) is 0. The summed E-state index contributed by atoms with van der Waals surface area (Å²) in [5, 5.41) is 7.55. The predicted octanol–water partition coefficient (Wildman–Crippen LogP) is 2.27. The molecule has 0 radical (unpaired) electrons. The Morgan fingerprint density at radius 1 is 1.18 bits per heavy atom. The Kier molecular flexibility index (Phi) is 3.41. The van der Waals surface area contributed by atoms with Gasteiger partial charge in [0, 0.05) is 12.3 Å². The van der Waals surface area contributed by atoms with Crippen molar-refractivity contribution >= 4 is 0 Å². The molecular formula is C13H21N3O. The van der Waals surface area contributed by atoms with Gasteiger partial charge in [0.15, 0.2) is 5.82 Å². The van der Waals surface area contributed by atoms with Gasteiger partial charge in [-0.1, -0.05) is 24.4 Å². The van der Waals surface area contributed by atoms with Crippen LogP contribution in [-0.4, -0.2) is 23.2 Å². The van der Waals surface area contributed by atoms with E-state index in [1.54, 1.807) is 0 Å². The van der Waals surface area contributed by atoms with E-state index in [0.717, 1.165) is 31.2 Å². The quantitative estimate of drug-likeness (QED) is 0.873. The monoisotopic (exact) mass is 235 g/mol. The number of rotatable bonds is 3. The molecule has 2 aliphatic rings. The van der Waals surface area contributed by atoms with Crippen molar-refractivity contribution in [1.29, 1.82) is 0 Å². The SMILES string of the molecule is C1CCC(c2noc(CC3CCNC3)n2)CC1. The van der Waals surface area contributed by atoms with Crippen molar-refractivity contribution in [2.24, 2.45) is 5.92 Å². The van der Waals surface area contributed by atoms with Crippen LogP contribution in [0.3, 0.4) is 0 Å². The Morgan fingerprint density at radius 3 is 2.82 bits per heavy atom. The second kappa shape index (κ2) is 5.17. The zero-order chi connectivity index (χ0) is 11.5. The van der Waals surface area contributed by atoms with Gasteiger partial charge >= 0.3 is 0 Å². The normalized spacial score (nSPS) is 26.5. The molecule has 1 atom stereocenters. The Balaban J connectivity index is 1.60. The van der Waals surface area contributed by atoms with Crippen LogP contribution in [-0.2, 0) is 6.42 Å². The Morgan fingerprint density at radius 2 is 2.06 bits per heavy atom. The fraction of sp³-hybridized carbons (Fsp3) is 0.846. The van der Waals surface area contributed by atoms with E-state index in [2.05, 4.69) is 15.5 Å². The molecule has 3 rings (SSSR count). The molecule has 1 N–H and O–H groups in total. The number of hydrogen-bond acceptors (Lipinski definition) is 4. The molecule has 1 aromatic rings. The zero-order valence-electron chi connectivity index (χ0n) is 10.3. The van der Waals surface area contributed by atoms with Crippen molar-refractivity contribution in [3.05, 3.63) is 11.7 Å². The number of nitrogens with one attached hydrogen (secondary N) is 1. The highest BCUT2D eigenvalue weighted by Gasteiger charge is 2.23. The second-order valence-corrected chi connectivity index (χ2v) is 5.44. The molecule has 1 unspecified atom stereocenters. The van der Waals surface area contributed by atoms with Crippen LogP contribution in [0.4, 0.5) is 0 Å². The van der Waals surface area contributed by atoms with Crippen LogP contribution < -0.4 is 5.32 Å². The summed E-state index contributed by atoms with van der Waals surface area (Å²) in [6, 6.07) is 0. The molecule has 0 aromatic carbocycles. The van der Waals surface area contributed by atoms with E-state index in [1.807, 2.05) is 0 Å². The van der Waals surface area contributed by atoms with Gasteiger partial charge in [-0.15, -0.1) is 0 Å². The molecule has 2 fully saturated rings. The Hall–Kier alpha value is -0.900. The van der Waals surface area contributed by atoms with E-state index in [1.165, 1.54) is 38.5 Å². The van der Waals surface area contributed by atoms with Crippen molar-refractivity contribution in [2.75, 3.05) is 13.1 Å². The predicted molar refractivity (Wildman–Crippen MR) is 64.8 cm³/mol. The lowest BCUT2D eigenvalue weighted by Crippen LogP contribution is -2.11. The molecule has 1 aliphatic carbocycles. The molecule has 2 heterocycles. The summed E-state index contributed by atoms with van der Waals surface area (Å²) >= 11 is 0. The van der Waals surface area contributed by atoms with Crippen LogP contribution in [0.25, 0.3) is 0 Å². The number of hydrogen-bond donors (Lipinski definition) is 1. The molecule has 17 heavy (non-hydrogen) atoms. The molecule has 1 saturated heterocycles. The first-order chi connectivity index (χ1) is 8.42. The van der Waals surface area contributed by atoms with E-state index >= 15 is 0 Å². The van der Waals surface area contributed by atoms with E-state index in [9.17, 15) is 0 Å². The zero-order valence-corrected chi connectivity index (χ0v) is 10.3. The molecule has 1 aliphatic heterocycles. The van der Waals surface area contributed by atoms with E-state index in [-0.39, 0.29) is 0 Å². The van der Waals surface area contributed by atoms with E-state index in [0.29, 0.717) is 11.8 Å². The molecule has 0 amide bonds. The molecule has 0 bridgehead atoms. The van der Waals surface area contributed by atoms with Gasteiger partial charge in [-0.05, 0) is 38.3 Å². The maximum atomic E-state index is 5.39. The van der Waals surface area contributed by atoms with Crippen molar-refractivity contribution in [1.82, 2.24) is 15.5 Å². The highest BCUT2D eigenvalue weighted by Crippen LogP contribution is 2.31. The average Bonchev–Trinajstić information content (AvgIpc) is 3.02. The highest BCUT2D eigenvalue weighted by atomic mass is 16.5. The van der Waals surface area contributed by atoms with Crippen LogP contribution in [0.5, 0.6) is 0 Å². The van der Waals surface area contributed by atoms with Gasteiger partial charge < -0.3 is 9.84 Å². The first-order valence-corrected chi connectivity index (χ1v) is 6.95. The summed E-state index contributed by atoms with van der Waals surface area (Å²) in [6.45, 7) is 2.23. The van der Waals surface area contributed by atoms with Crippen LogP contribution in [0, 0.1) is 5.92 Å². The topological polar surface area (TPSA) is 51.0 Å². The third-order valence-corrected chi connectivity index (χ3v) is 4.08. The highest BCUT2D eigenvalue weighted by molar-refractivity contribution is 4.97. The minimum Gasteiger partial charge on any atom is -0.339 e. The largest absolute Gasteiger partial charge is 0.339 e. The molecule has 4 heteroatoms. The van der Waals surface area contributed by atoms with Crippen molar-refractivity contribution in [2.45, 2.75) is 50.9 Å².